The Morgan fingerprint density at radius 2 is 2.16 bits per heavy atom. The zero-order chi connectivity index (χ0) is 17.4. The van der Waals surface area contributed by atoms with E-state index in [-0.39, 0.29) is 11.6 Å². The zero-order valence-electron chi connectivity index (χ0n) is 12.6. The molecule has 25 heavy (non-hydrogen) atoms. The van der Waals surface area contributed by atoms with Crippen LogP contribution in [0.25, 0.3) is 11.7 Å². The number of fused-ring (bicyclic) bond motifs is 1. The standard InChI is InChI=1S/C16H11ClN6O2/c17-10-2-1-3-11(7-10)19-13-4-5-23-14(21-13)9(8-18-23)6-12-15(24)22-16(25)20-12/h1-8,24H,(H2,20,22,25)/b9-6+,19-13?. The van der Waals surface area contributed by atoms with Gasteiger partial charge in [-0.3, -0.25) is 4.98 Å². The first-order valence-corrected chi connectivity index (χ1v) is 7.64. The van der Waals surface area contributed by atoms with Crippen molar-refractivity contribution in [1.82, 2.24) is 24.6 Å². The molecule has 1 aromatic carbocycles. The van der Waals surface area contributed by atoms with E-state index in [9.17, 15) is 9.90 Å². The van der Waals surface area contributed by atoms with E-state index in [1.807, 2.05) is 12.1 Å². The molecule has 0 aliphatic rings. The Labute approximate surface area is 144 Å². The Bertz CT molecular complexity index is 1250. The summed E-state index contributed by atoms with van der Waals surface area (Å²) in [7, 11) is 0. The van der Waals surface area contributed by atoms with Crippen LogP contribution in [0.2, 0.25) is 5.02 Å². The van der Waals surface area contributed by atoms with Gasteiger partial charge in [-0.25, -0.2) is 19.3 Å². The molecule has 3 heterocycles. The zero-order valence-corrected chi connectivity index (χ0v) is 13.4. The van der Waals surface area contributed by atoms with Crippen molar-refractivity contribution in [1.29, 1.82) is 0 Å². The van der Waals surface area contributed by atoms with Crippen LogP contribution < -0.4 is 16.4 Å². The fourth-order valence-corrected chi connectivity index (χ4v) is 2.55. The Hall–Kier alpha value is -3.39. The second-order valence-corrected chi connectivity index (χ2v) is 5.67. The van der Waals surface area contributed by atoms with E-state index in [0.717, 1.165) is 0 Å². The quantitative estimate of drug-likeness (QED) is 0.496. The minimum atomic E-state index is -0.496. The molecule has 0 fully saturated rings. The van der Waals surface area contributed by atoms with Gasteiger partial charge in [0.2, 0.25) is 5.88 Å². The van der Waals surface area contributed by atoms with Gasteiger partial charge >= 0.3 is 5.69 Å². The molecule has 0 radical (unpaired) electrons. The molecule has 0 spiro atoms. The first-order valence-electron chi connectivity index (χ1n) is 7.26. The monoisotopic (exact) mass is 354 g/mol. The Morgan fingerprint density at radius 3 is 2.92 bits per heavy atom. The van der Waals surface area contributed by atoms with Crippen LogP contribution in [-0.2, 0) is 0 Å². The Morgan fingerprint density at radius 1 is 1.28 bits per heavy atom. The Balaban J connectivity index is 1.88. The van der Waals surface area contributed by atoms with Crippen molar-refractivity contribution in [2.75, 3.05) is 0 Å². The SMILES string of the molecule is O=c1[nH]c(O)c(/C=c2\cnn3ccc(=Nc4cccc(Cl)c4)nc23)[nH]1. The van der Waals surface area contributed by atoms with Crippen molar-refractivity contribution >= 4 is 29.0 Å². The number of nitrogens with zero attached hydrogens (tertiary/aromatic N) is 4. The molecule has 0 saturated heterocycles. The molecule has 0 amide bonds. The normalized spacial score (nSPS) is 13.0. The Kier molecular flexibility index (Phi) is 3.58. The van der Waals surface area contributed by atoms with Gasteiger partial charge in [0.05, 0.1) is 11.9 Å². The number of benzene rings is 1. The van der Waals surface area contributed by atoms with Crippen LogP contribution in [0.1, 0.15) is 5.69 Å². The van der Waals surface area contributed by atoms with E-state index < -0.39 is 5.69 Å². The first kappa shape index (κ1) is 15.2. The van der Waals surface area contributed by atoms with Crippen molar-refractivity contribution in [3.05, 3.63) is 74.6 Å². The van der Waals surface area contributed by atoms with Crippen LogP contribution in [-0.4, -0.2) is 29.7 Å². The fourth-order valence-electron chi connectivity index (χ4n) is 2.37. The highest BCUT2D eigenvalue weighted by Crippen LogP contribution is 2.16. The minimum absolute atomic E-state index is 0.246. The van der Waals surface area contributed by atoms with E-state index in [2.05, 4.69) is 25.0 Å². The predicted molar refractivity (Wildman–Crippen MR) is 91.5 cm³/mol. The maximum atomic E-state index is 11.2. The molecule has 0 saturated carbocycles. The molecular formula is C16H11ClN6O2. The molecule has 0 unspecified atom stereocenters. The smallest absolute Gasteiger partial charge is 0.326 e. The molecular weight excluding hydrogens is 344 g/mol. The maximum Gasteiger partial charge on any atom is 0.326 e. The summed E-state index contributed by atoms with van der Waals surface area (Å²) in [5.74, 6) is -0.246. The van der Waals surface area contributed by atoms with Gasteiger partial charge < -0.3 is 10.1 Å². The number of rotatable bonds is 2. The molecule has 4 aromatic rings. The molecule has 0 atom stereocenters. The molecule has 0 aliphatic carbocycles. The highest BCUT2D eigenvalue weighted by molar-refractivity contribution is 6.30. The van der Waals surface area contributed by atoms with Gasteiger partial charge in [0.1, 0.15) is 5.69 Å². The molecule has 3 N–H and O–H groups in total. The topological polar surface area (TPSA) is 111 Å². The second kappa shape index (κ2) is 5.91. The number of aromatic nitrogens is 5. The third-order valence-electron chi connectivity index (χ3n) is 3.47. The molecule has 124 valence electrons. The van der Waals surface area contributed by atoms with E-state index in [0.29, 0.717) is 27.1 Å². The van der Waals surface area contributed by atoms with Crippen molar-refractivity contribution in [3.8, 4) is 5.88 Å². The lowest BCUT2D eigenvalue weighted by molar-refractivity contribution is 0.454. The number of H-pyrrole nitrogens is 2. The lowest BCUT2D eigenvalue weighted by Crippen LogP contribution is -2.12. The number of hydrogen-bond acceptors (Lipinski definition) is 5. The lowest BCUT2D eigenvalue weighted by atomic mass is 10.3. The van der Waals surface area contributed by atoms with Crippen LogP contribution in [0.3, 0.4) is 0 Å². The van der Waals surface area contributed by atoms with Gasteiger partial charge in [-0.1, -0.05) is 17.7 Å². The summed E-state index contributed by atoms with van der Waals surface area (Å²) in [6.45, 7) is 0. The number of imidazole rings is 1. The van der Waals surface area contributed by atoms with Crippen molar-refractivity contribution in [3.63, 3.8) is 0 Å². The summed E-state index contributed by atoms with van der Waals surface area (Å²) in [5.41, 5.74) is 1.45. The van der Waals surface area contributed by atoms with Gasteiger partial charge in [0.25, 0.3) is 0 Å². The predicted octanol–water partition coefficient (Wildman–Crippen LogP) is 0.885. The molecule has 0 bridgehead atoms. The van der Waals surface area contributed by atoms with Gasteiger partial charge in [-0.15, -0.1) is 0 Å². The number of halogens is 1. The average Bonchev–Trinajstić information content (AvgIpc) is 3.11. The summed E-state index contributed by atoms with van der Waals surface area (Å²) >= 11 is 5.97. The number of hydrogen-bond donors (Lipinski definition) is 3. The third-order valence-corrected chi connectivity index (χ3v) is 3.70. The molecule has 8 nitrogen and oxygen atoms in total. The van der Waals surface area contributed by atoms with Gasteiger partial charge in [0, 0.05) is 22.5 Å². The second-order valence-electron chi connectivity index (χ2n) is 5.23. The molecule has 3 aromatic heterocycles. The van der Waals surface area contributed by atoms with Crippen LogP contribution in [0, 0.1) is 0 Å². The van der Waals surface area contributed by atoms with Crippen molar-refractivity contribution in [2.45, 2.75) is 0 Å². The third kappa shape index (κ3) is 3.02. The minimum Gasteiger partial charge on any atom is -0.493 e. The lowest BCUT2D eigenvalue weighted by Gasteiger charge is -1.95. The summed E-state index contributed by atoms with van der Waals surface area (Å²) in [6, 6.07) is 8.86. The summed E-state index contributed by atoms with van der Waals surface area (Å²) in [5, 5.41) is 15.1. The maximum absolute atomic E-state index is 11.2. The highest BCUT2D eigenvalue weighted by atomic mass is 35.5. The molecule has 4 rings (SSSR count). The van der Waals surface area contributed by atoms with E-state index in [1.54, 1.807) is 41.2 Å². The number of aromatic amines is 2. The molecule has 9 heteroatoms. The summed E-state index contributed by atoms with van der Waals surface area (Å²) in [6.07, 6.45) is 4.88. The van der Waals surface area contributed by atoms with E-state index >= 15 is 0 Å². The van der Waals surface area contributed by atoms with Gasteiger partial charge in [0.15, 0.2) is 11.1 Å². The van der Waals surface area contributed by atoms with Crippen LogP contribution in [0.4, 0.5) is 5.69 Å². The first-order chi connectivity index (χ1) is 12.1. The van der Waals surface area contributed by atoms with Gasteiger partial charge in [-0.2, -0.15) is 5.10 Å². The van der Waals surface area contributed by atoms with E-state index in [1.165, 1.54) is 0 Å². The van der Waals surface area contributed by atoms with Crippen LogP contribution >= 0.6 is 11.6 Å². The summed E-state index contributed by atoms with van der Waals surface area (Å²) < 4.78 is 1.57. The van der Waals surface area contributed by atoms with E-state index in [4.69, 9.17) is 11.6 Å². The summed E-state index contributed by atoms with van der Waals surface area (Å²) in [4.78, 5) is 24.9. The number of aromatic hydroxyl groups is 1. The largest absolute Gasteiger partial charge is 0.493 e. The molecule has 0 aliphatic heterocycles. The average molecular weight is 355 g/mol. The fraction of sp³-hybridized carbons (Fsp3) is 0. The van der Waals surface area contributed by atoms with Crippen LogP contribution in [0.15, 0.2) is 52.5 Å². The van der Waals surface area contributed by atoms with Gasteiger partial charge in [-0.05, 0) is 24.3 Å². The van der Waals surface area contributed by atoms with Crippen molar-refractivity contribution in [2.24, 2.45) is 4.99 Å². The van der Waals surface area contributed by atoms with Crippen molar-refractivity contribution < 1.29 is 5.11 Å². The highest BCUT2D eigenvalue weighted by Gasteiger charge is 2.04. The van der Waals surface area contributed by atoms with Crippen LogP contribution in [0.5, 0.6) is 5.88 Å². The number of nitrogens with one attached hydrogen (secondary N) is 2.